The fourth-order valence-electron chi connectivity index (χ4n) is 2.06. The van der Waals surface area contributed by atoms with Crippen LogP contribution in [-0.2, 0) is 4.79 Å². The Kier molecular flexibility index (Phi) is 2.36. The van der Waals surface area contributed by atoms with Crippen LogP contribution in [0.1, 0.15) is 29.5 Å². The van der Waals surface area contributed by atoms with E-state index in [2.05, 4.69) is 0 Å². The van der Waals surface area contributed by atoms with Gasteiger partial charge in [-0.15, -0.1) is 0 Å². The first-order valence-corrected chi connectivity index (χ1v) is 4.79. The molecule has 80 valence electrons. The molecule has 0 saturated carbocycles. The number of carboxylic acid groups (broad SMARTS) is 1. The summed E-state index contributed by atoms with van der Waals surface area (Å²) in [6.45, 7) is 0. The van der Waals surface area contributed by atoms with Crippen molar-refractivity contribution in [3.05, 3.63) is 29.3 Å². The van der Waals surface area contributed by atoms with E-state index in [1.807, 2.05) is 12.1 Å². The number of ether oxygens (including phenoxy) is 1. The molecule has 0 aliphatic heterocycles. The lowest BCUT2D eigenvalue weighted by Gasteiger charge is -2.07. The number of carboxylic acids is 1. The molecule has 1 aliphatic carbocycles. The third kappa shape index (κ3) is 1.57. The first-order valence-electron chi connectivity index (χ1n) is 4.79. The lowest BCUT2D eigenvalue weighted by atomic mass is 10.0. The van der Waals surface area contributed by atoms with Gasteiger partial charge in [-0.25, -0.2) is 0 Å². The van der Waals surface area contributed by atoms with Gasteiger partial charge in [0.05, 0.1) is 13.0 Å². The van der Waals surface area contributed by atoms with Crippen LogP contribution in [0.2, 0.25) is 0 Å². The average molecular weight is 207 g/mol. The van der Waals surface area contributed by atoms with E-state index >= 15 is 0 Å². The molecule has 0 aromatic heterocycles. The molecule has 15 heavy (non-hydrogen) atoms. The fourth-order valence-corrected chi connectivity index (χ4v) is 2.06. The Morgan fingerprint density at radius 3 is 2.87 bits per heavy atom. The standard InChI is InChI=1S/C11H13NO3/c1-15-6-2-3-7-8(4-6)9(11(13)14)5-10(7)12/h2-4,9-10H,5,12H2,1H3,(H,13,14). The maximum Gasteiger partial charge on any atom is 0.311 e. The van der Waals surface area contributed by atoms with Gasteiger partial charge in [-0.3, -0.25) is 4.79 Å². The van der Waals surface area contributed by atoms with Gasteiger partial charge >= 0.3 is 5.97 Å². The highest BCUT2D eigenvalue weighted by molar-refractivity contribution is 5.78. The van der Waals surface area contributed by atoms with Crippen molar-refractivity contribution in [3.63, 3.8) is 0 Å². The van der Waals surface area contributed by atoms with Crippen molar-refractivity contribution in [2.24, 2.45) is 5.73 Å². The van der Waals surface area contributed by atoms with Crippen molar-refractivity contribution in [2.75, 3.05) is 7.11 Å². The molecule has 2 rings (SSSR count). The second-order valence-corrected chi connectivity index (χ2v) is 3.73. The van der Waals surface area contributed by atoms with Crippen LogP contribution in [0.25, 0.3) is 0 Å². The first-order chi connectivity index (χ1) is 7.13. The minimum Gasteiger partial charge on any atom is -0.497 e. The number of carbonyl (C=O) groups is 1. The Balaban J connectivity index is 2.47. The van der Waals surface area contributed by atoms with Gasteiger partial charge in [0.15, 0.2) is 0 Å². The smallest absolute Gasteiger partial charge is 0.311 e. The summed E-state index contributed by atoms with van der Waals surface area (Å²) >= 11 is 0. The Morgan fingerprint density at radius 2 is 2.27 bits per heavy atom. The second-order valence-electron chi connectivity index (χ2n) is 3.73. The molecule has 0 bridgehead atoms. The Bertz CT molecular complexity index is 403. The SMILES string of the molecule is COc1ccc2c(c1)C(C(=O)O)CC2N. The molecule has 1 aromatic rings. The molecule has 0 saturated heterocycles. The van der Waals surface area contributed by atoms with Crippen LogP contribution >= 0.6 is 0 Å². The lowest BCUT2D eigenvalue weighted by molar-refractivity contribution is -0.138. The van der Waals surface area contributed by atoms with Crippen LogP contribution < -0.4 is 10.5 Å². The van der Waals surface area contributed by atoms with Crippen molar-refractivity contribution in [2.45, 2.75) is 18.4 Å². The van der Waals surface area contributed by atoms with Crippen molar-refractivity contribution < 1.29 is 14.6 Å². The third-order valence-corrected chi connectivity index (χ3v) is 2.86. The van der Waals surface area contributed by atoms with Crippen LogP contribution in [0.4, 0.5) is 0 Å². The highest BCUT2D eigenvalue weighted by atomic mass is 16.5. The zero-order valence-electron chi connectivity index (χ0n) is 8.43. The lowest BCUT2D eigenvalue weighted by Crippen LogP contribution is -2.10. The third-order valence-electron chi connectivity index (χ3n) is 2.86. The van der Waals surface area contributed by atoms with Crippen LogP contribution in [0, 0.1) is 0 Å². The van der Waals surface area contributed by atoms with Gasteiger partial charge in [-0.2, -0.15) is 0 Å². The summed E-state index contributed by atoms with van der Waals surface area (Å²) in [4.78, 5) is 11.0. The molecular formula is C11H13NO3. The molecule has 1 aromatic carbocycles. The molecule has 0 radical (unpaired) electrons. The molecular weight excluding hydrogens is 194 g/mol. The average Bonchev–Trinajstić information content (AvgIpc) is 2.56. The van der Waals surface area contributed by atoms with E-state index in [9.17, 15) is 4.79 Å². The minimum atomic E-state index is -0.822. The molecule has 1 aliphatic rings. The molecule has 0 amide bonds. The van der Waals surface area contributed by atoms with Gasteiger partial charge in [0.25, 0.3) is 0 Å². The largest absolute Gasteiger partial charge is 0.497 e. The van der Waals surface area contributed by atoms with Gasteiger partial charge in [0.1, 0.15) is 5.75 Å². The second kappa shape index (κ2) is 3.55. The summed E-state index contributed by atoms with van der Waals surface area (Å²) < 4.78 is 5.07. The maximum atomic E-state index is 11.0. The monoisotopic (exact) mass is 207 g/mol. The topological polar surface area (TPSA) is 72.5 Å². The number of fused-ring (bicyclic) bond motifs is 1. The van der Waals surface area contributed by atoms with Crippen LogP contribution in [0.3, 0.4) is 0 Å². The molecule has 4 heteroatoms. The van der Waals surface area contributed by atoms with Gasteiger partial charge in [0.2, 0.25) is 0 Å². The molecule has 4 nitrogen and oxygen atoms in total. The van der Waals surface area contributed by atoms with Crippen molar-refractivity contribution in [1.82, 2.24) is 0 Å². The number of methoxy groups -OCH3 is 1. The Labute approximate surface area is 87.7 Å². The van der Waals surface area contributed by atoms with Gasteiger partial charge in [0, 0.05) is 6.04 Å². The van der Waals surface area contributed by atoms with Crippen LogP contribution in [-0.4, -0.2) is 18.2 Å². The zero-order chi connectivity index (χ0) is 11.0. The molecule has 0 spiro atoms. The number of benzene rings is 1. The van der Waals surface area contributed by atoms with Crippen molar-refractivity contribution in [1.29, 1.82) is 0 Å². The quantitative estimate of drug-likeness (QED) is 0.765. The van der Waals surface area contributed by atoms with Gasteiger partial charge in [-0.05, 0) is 29.7 Å². The molecule has 2 unspecified atom stereocenters. The predicted octanol–water partition coefficient (Wildman–Crippen LogP) is 1.27. The fraction of sp³-hybridized carbons (Fsp3) is 0.364. The van der Waals surface area contributed by atoms with E-state index in [0.29, 0.717) is 12.2 Å². The van der Waals surface area contributed by atoms with Gasteiger partial charge < -0.3 is 15.6 Å². The molecule has 3 N–H and O–H groups in total. The molecule has 0 fully saturated rings. The van der Waals surface area contributed by atoms with Crippen LogP contribution in [0.15, 0.2) is 18.2 Å². The number of nitrogens with two attached hydrogens (primary N) is 1. The van der Waals surface area contributed by atoms with E-state index in [0.717, 1.165) is 11.1 Å². The van der Waals surface area contributed by atoms with E-state index in [1.54, 1.807) is 13.2 Å². The predicted molar refractivity (Wildman–Crippen MR) is 54.9 cm³/mol. The summed E-state index contributed by atoms with van der Waals surface area (Å²) in [5.41, 5.74) is 7.57. The highest BCUT2D eigenvalue weighted by Gasteiger charge is 2.33. The van der Waals surface area contributed by atoms with E-state index < -0.39 is 11.9 Å². The van der Waals surface area contributed by atoms with Crippen LogP contribution in [0.5, 0.6) is 5.75 Å². The summed E-state index contributed by atoms with van der Waals surface area (Å²) in [7, 11) is 1.56. The Morgan fingerprint density at radius 1 is 1.53 bits per heavy atom. The van der Waals surface area contributed by atoms with E-state index in [4.69, 9.17) is 15.6 Å². The van der Waals surface area contributed by atoms with Crippen molar-refractivity contribution >= 4 is 5.97 Å². The van der Waals surface area contributed by atoms with Gasteiger partial charge in [-0.1, -0.05) is 6.07 Å². The minimum absolute atomic E-state index is 0.174. The summed E-state index contributed by atoms with van der Waals surface area (Å²) in [6.07, 6.45) is 0.470. The summed E-state index contributed by atoms with van der Waals surface area (Å²) in [5, 5.41) is 9.05. The number of aliphatic carboxylic acids is 1. The maximum absolute atomic E-state index is 11.0. The highest BCUT2D eigenvalue weighted by Crippen LogP contribution is 2.40. The number of rotatable bonds is 2. The Hall–Kier alpha value is -1.55. The van der Waals surface area contributed by atoms with E-state index in [-0.39, 0.29) is 6.04 Å². The molecule has 2 atom stereocenters. The van der Waals surface area contributed by atoms with Crippen molar-refractivity contribution in [3.8, 4) is 5.75 Å². The van der Waals surface area contributed by atoms with E-state index in [1.165, 1.54) is 0 Å². The molecule has 0 heterocycles. The number of hydrogen-bond acceptors (Lipinski definition) is 3. The number of hydrogen-bond donors (Lipinski definition) is 2. The summed E-state index contributed by atoms with van der Waals surface area (Å²) in [6, 6.07) is 5.25. The normalized spacial score (nSPS) is 23.6. The zero-order valence-corrected chi connectivity index (χ0v) is 8.43. The first kappa shape index (κ1) is 9.98. The summed E-state index contributed by atoms with van der Waals surface area (Å²) in [5.74, 6) is -0.642.